The van der Waals surface area contributed by atoms with Crippen LogP contribution in [-0.4, -0.2) is 86.6 Å². The number of carboxylic acids is 1. The van der Waals surface area contributed by atoms with Gasteiger partial charge in [0, 0.05) is 0 Å². The molecule has 1 heterocycles. The van der Waals surface area contributed by atoms with Crippen LogP contribution in [0.3, 0.4) is 0 Å². The summed E-state index contributed by atoms with van der Waals surface area (Å²) in [5, 5.41) is 55.1. The zero-order valence-corrected chi connectivity index (χ0v) is 9.99. The summed E-state index contributed by atoms with van der Waals surface area (Å²) < 4.78 is 9.94. The fourth-order valence-corrected chi connectivity index (χ4v) is 1.67. The second-order valence-electron chi connectivity index (χ2n) is 4.28. The first-order valence-corrected chi connectivity index (χ1v) is 5.68. The molecule has 19 heavy (non-hydrogen) atoms. The summed E-state index contributed by atoms with van der Waals surface area (Å²) >= 11 is 0. The fraction of sp³-hybridized carbons (Fsp3) is 0.900. The zero-order valence-electron chi connectivity index (χ0n) is 9.99. The number of carboxylic acid groups (broad SMARTS) is 1. The van der Waals surface area contributed by atoms with Crippen molar-refractivity contribution >= 4 is 5.97 Å². The van der Waals surface area contributed by atoms with Crippen LogP contribution in [0, 0.1) is 0 Å². The van der Waals surface area contributed by atoms with E-state index in [0.717, 1.165) is 0 Å². The van der Waals surface area contributed by atoms with E-state index >= 15 is 0 Å². The van der Waals surface area contributed by atoms with Gasteiger partial charge < -0.3 is 40.1 Å². The molecule has 6 N–H and O–H groups in total. The Hall–Kier alpha value is -0.810. The molecule has 1 fully saturated rings. The third-order valence-corrected chi connectivity index (χ3v) is 2.71. The third-order valence-electron chi connectivity index (χ3n) is 2.71. The molecule has 0 amide bonds. The van der Waals surface area contributed by atoms with Gasteiger partial charge in [0.1, 0.15) is 24.4 Å². The maximum absolute atomic E-state index is 10.3. The Labute approximate surface area is 108 Å². The van der Waals surface area contributed by atoms with Crippen molar-refractivity contribution in [3.63, 3.8) is 0 Å². The van der Waals surface area contributed by atoms with Gasteiger partial charge in [-0.1, -0.05) is 0 Å². The minimum Gasteiger partial charge on any atom is -0.481 e. The number of aliphatic hydroxyl groups excluding tert-OH is 5. The van der Waals surface area contributed by atoms with E-state index in [1.807, 2.05) is 0 Å². The minimum atomic E-state index is -1.58. The molecule has 1 rings (SSSR count). The molecule has 0 aromatic carbocycles. The number of aliphatic hydroxyl groups is 5. The summed E-state index contributed by atoms with van der Waals surface area (Å²) in [5.41, 5.74) is 0. The van der Waals surface area contributed by atoms with Crippen LogP contribution in [0.4, 0.5) is 0 Å². The van der Waals surface area contributed by atoms with Crippen molar-refractivity contribution in [3.05, 3.63) is 0 Å². The molecule has 112 valence electrons. The second-order valence-corrected chi connectivity index (χ2v) is 4.28. The van der Waals surface area contributed by atoms with Crippen molar-refractivity contribution in [1.29, 1.82) is 0 Å². The number of hydrogen-bond donors (Lipinski definition) is 6. The first kappa shape index (κ1) is 16.2. The van der Waals surface area contributed by atoms with Crippen molar-refractivity contribution in [2.24, 2.45) is 0 Å². The van der Waals surface area contributed by atoms with E-state index < -0.39 is 62.4 Å². The quantitative estimate of drug-likeness (QED) is 0.292. The molecule has 0 aromatic heterocycles. The molecule has 1 aliphatic rings. The average molecular weight is 282 g/mol. The van der Waals surface area contributed by atoms with Crippen molar-refractivity contribution in [2.45, 2.75) is 43.2 Å². The van der Waals surface area contributed by atoms with Gasteiger partial charge in [-0.15, -0.1) is 0 Å². The summed E-state index contributed by atoms with van der Waals surface area (Å²) in [4.78, 5) is 10.3. The highest BCUT2D eigenvalue weighted by Crippen LogP contribution is 2.22. The molecule has 0 spiro atoms. The van der Waals surface area contributed by atoms with Gasteiger partial charge in [0.25, 0.3) is 0 Å². The molecular weight excluding hydrogens is 264 g/mol. The Bertz CT molecular complexity index is 295. The SMILES string of the molecule is O=C(O)CC(O)COC1OC(CO)C(O)C(O)C1O. The summed E-state index contributed by atoms with van der Waals surface area (Å²) in [6, 6.07) is 0. The number of aliphatic carboxylic acids is 1. The van der Waals surface area contributed by atoms with Gasteiger partial charge in [-0.25, -0.2) is 0 Å². The fourth-order valence-electron chi connectivity index (χ4n) is 1.67. The van der Waals surface area contributed by atoms with E-state index in [0.29, 0.717) is 0 Å². The highest BCUT2D eigenvalue weighted by molar-refractivity contribution is 5.67. The second kappa shape index (κ2) is 7.10. The lowest BCUT2D eigenvalue weighted by molar-refractivity contribution is -0.304. The van der Waals surface area contributed by atoms with Crippen LogP contribution >= 0.6 is 0 Å². The molecule has 0 bridgehead atoms. The van der Waals surface area contributed by atoms with Crippen LogP contribution in [-0.2, 0) is 14.3 Å². The van der Waals surface area contributed by atoms with Crippen molar-refractivity contribution in [3.8, 4) is 0 Å². The van der Waals surface area contributed by atoms with E-state index in [1.165, 1.54) is 0 Å². The number of ether oxygens (including phenoxy) is 2. The maximum atomic E-state index is 10.3. The normalized spacial score (nSPS) is 37.0. The van der Waals surface area contributed by atoms with Gasteiger partial charge in [-0.3, -0.25) is 4.79 Å². The summed E-state index contributed by atoms with van der Waals surface area (Å²) in [7, 11) is 0. The Morgan fingerprint density at radius 3 is 2.37 bits per heavy atom. The van der Waals surface area contributed by atoms with Gasteiger partial charge in [-0.05, 0) is 0 Å². The largest absolute Gasteiger partial charge is 0.481 e. The van der Waals surface area contributed by atoms with Gasteiger partial charge >= 0.3 is 5.97 Å². The van der Waals surface area contributed by atoms with Crippen molar-refractivity contribution in [2.75, 3.05) is 13.2 Å². The van der Waals surface area contributed by atoms with E-state index in [1.54, 1.807) is 0 Å². The van der Waals surface area contributed by atoms with E-state index in [4.69, 9.17) is 19.7 Å². The molecule has 1 saturated heterocycles. The smallest absolute Gasteiger partial charge is 0.306 e. The predicted molar refractivity (Wildman–Crippen MR) is 58.0 cm³/mol. The van der Waals surface area contributed by atoms with E-state index in [9.17, 15) is 25.2 Å². The Balaban J connectivity index is 2.50. The van der Waals surface area contributed by atoms with Crippen LogP contribution in [0.5, 0.6) is 0 Å². The van der Waals surface area contributed by atoms with Gasteiger partial charge in [0.05, 0.1) is 25.7 Å². The number of hydrogen-bond acceptors (Lipinski definition) is 8. The highest BCUT2D eigenvalue weighted by atomic mass is 16.7. The van der Waals surface area contributed by atoms with Crippen molar-refractivity contribution < 1.29 is 44.9 Å². The van der Waals surface area contributed by atoms with Crippen LogP contribution in [0.25, 0.3) is 0 Å². The zero-order chi connectivity index (χ0) is 14.6. The molecule has 0 saturated carbocycles. The van der Waals surface area contributed by atoms with E-state index in [2.05, 4.69) is 0 Å². The molecule has 6 atom stereocenters. The number of carbonyl (C=O) groups is 1. The lowest BCUT2D eigenvalue weighted by atomic mass is 9.99. The predicted octanol–water partition coefficient (Wildman–Crippen LogP) is -3.36. The number of rotatable bonds is 6. The summed E-state index contributed by atoms with van der Waals surface area (Å²) in [6.45, 7) is -1.03. The molecule has 9 heteroatoms. The lowest BCUT2D eigenvalue weighted by Crippen LogP contribution is -2.59. The average Bonchev–Trinajstić information content (AvgIpc) is 2.34. The Morgan fingerprint density at radius 2 is 1.84 bits per heavy atom. The Kier molecular flexibility index (Phi) is 6.07. The standard InChI is InChI=1S/C10H18O9/c11-2-5-7(15)8(16)9(17)10(19-5)18-3-4(12)1-6(13)14/h4-5,7-12,15-17H,1-3H2,(H,13,14). The Morgan fingerprint density at radius 1 is 1.21 bits per heavy atom. The van der Waals surface area contributed by atoms with Crippen LogP contribution in [0.2, 0.25) is 0 Å². The topological polar surface area (TPSA) is 157 Å². The highest BCUT2D eigenvalue weighted by Gasteiger charge is 2.44. The summed E-state index contributed by atoms with van der Waals surface area (Å²) in [5.74, 6) is -1.22. The van der Waals surface area contributed by atoms with Gasteiger partial charge in [0.15, 0.2) is 6.29 Å². The molecule has 0 aromatic rings. The van der Waals surface area contributed by atoms with Crippen molar-refractivity contribution in [1.82, 2.24) is 0 Å². The van der Waals surface area contributed by atoms with Crippen LogP contribution in [0.15, 0.2) is 0 Å². The lowest BCUT2D eigenvalue weighted by Gasteiger charge is -2.39. The molecular formula is C10H18O9. The molecule has 0 aliphatic carbocycles. The third kappa shape index (κ3) is 4.35. The molecule has 1 aliphatic heterocycles. The maximum Gasteiger partial charge on any atom is 0.306 e. The molecule has 0 radical (unpaired) electrons. The minimum absolute atomic E-state index is 0.436. The first-order chi connectivity index (χ1) is 8.86. The van der Waals surface area contributed by atoms with Crippen LogP contribution < -0.4 is 0 Å². The van der Waals surface area contributed by atoms with E-state index in [-0.39, 0.29) is 0 Å². The molecule has 9 nitrogen and oxygen atoms in total. The summed E-state index contributed by atoms with van der Waals surface area (Å²) in [6.07, 6.45) is -8.98. The van der Waals surface area contributed by atoms with Gasteiger partial charge in [-0.2, -0.15) is 0 Å². The first-order valence-electron chi connectivity index (χ1n) is 5.68. The van der Waals surface area contributed by atoms with Crippen LogP contribution in [0.1, 0.15) is 6.42 Å². The molecule has 6 unspecified atom stereocenters. The monoisotopic (exact) mass is 282 g/mol. The van der Waals surface area contributed by atoms with Gasteiger partial charge in [0.2, 0.25) is 0 Å².